The van der Waals surface area contributed by atoms with E-state index in [1.807, 2.05) is 6.92 Å². The summed E-state index contributed by atoms with van der Waals surface area (Å²) in [6.07, 6.45) is 2.38. The number of aliphatic hydroxyl groups excluding tert-OH is 2. The number of hydroxylamine groups is 3. The van der Waals surface area contributed by atoms with Crippen molar-refractivity contribution in [3.63, 3.8) is 0 Å². The van der Waals surface area contributed by atoms with E-state index < -0.39 is 17.6 Å². The molecule has 6 saturated carbocycles. The van der Waals surface area contributed by atoms with Gasteiger partial charge in [-0.2, -0.15) is 0 Å². The van der Waals surface area contributed by atoms with Crippen molar-refractivity contribution in [1.29, 1.82) is 0 Å². The maximum absolute atomic E-state index is 14.0. The maximum atomic E-state index is 14.0. The lowest BCUT2D eigenvalue weighted by Crippen LogP contribution is -2.91. The summed E-state index contributed by atoms with van der Waals surface area (Å²) in [4.78, 5) is 13.0. The number of likely N-dealkylation sites (tertiary alicyclic amines) is 1. The average molecular weight is 373 g/mol. The summed E-state index contributed by atoms with van der Waals surface area (Å²) in [7, 11) is 0. The van der Waals surface area contributed by atoms with E-state index in [-0.39, 0.29) is 45.1 Å². The molecular formula is C22H31NO4. The third-order valence-corrected chi connectivity index (χ3v) is 10.5. The first kappa shape index (κ1) is 17.1. The van der Waals surface area contributed by atoms with Crippen LogP contribution in [0.15, 0.2) is 12.2 Å². The highest BCUT2D eigenvalue weighted by Gasteiger charge is 2.88. The normalized spacial score (nSPS) is 65.6. The van der Waals surface area contributed by atoms with E-state index in [0.29, 0.717) is 37.4 Å². The van der Waals surface area contributed by atoms with Gasteiger partial charge >= 0.3 is 0 Å². The van der Waals surface area contributed by atoms with E-state index in [0.717, 1.165) is 19.3 Å². The number of hydrogen-bond donors (Lipinski definition) is 2. The van der Waals surface area contributed by atoms with Gasteiger partial charge in [0.1, 0.15) is 11.8 Å². The Balaban J connectivity index is 1.58. The van der Waals surface area contributed by atoms with Crippen molar-refractivity contribution in [3.05, 3.63) is 17.4 Å². The number of fused-ring (bicyclic) bond motifs is 1. The van der Waals surface area contributed by atoms with Crippen molar-refractivity contribution in [2.75, 3.05) is 13.1 Å². The Morgan fingerprint density at radius 2 is 2.07 bits per heavy atom. The number of rotatable bonds is 1. The van der Waals surface area contributed by atoms with Gasteiger partial charge in [0.2, 0.25) is 0 Å². The van der Waals surface area contributed by atoms with E-state index >= 15 is 0 Å². The van der Waals surface area contributed by atoms with Crippen LogP contribution in [-0.2, 0) is 4.79 Å². The molecule has 6 aliphatic carbocycles. The van der Waals surface area contributed by atoms with Gasteiger partial charge in [0.15, 0.2) is 0 Å². The van der Waals surface area contributed by atoms with Gasteiger partial charge in [0.25, 0.3) is 0 Å². The Labute approximate surface area is 160 Å². The number of piperidine rings is 2. The summed E-state index contributed by atoms with van der Waals surface area (Å²) in [5, 5.41) is 36.6. The molecule has 0 aromatic rings. The molecule has 0 aromatic carbocycles. The Hall–Kier alpha value is -0.750. The maximum Gasteiger partial charge on any atom is 0.140 e. The molecule has 27 heavy (non-hydrogen) atoms. The molecule has 7 rings (SSSR count). The molecule has 7 aliphatic rings. The van der Waals surface area contributed by atoms with Crippen LogP contribution in [0.5, 0.6) is 0 Å². The number of carbonyl (C=O) groups is 1. The summed E-state index contributed by atoms with van der Waals surface area (Å²) in [5.41, 5.74) is -0.198. The summed E-state index contributed by atoms with van der Waals surface area (Å²) in [5.74, 6) is 0.481. The molecule has 0 aromatic heterocycles. The van der Waals surface area contributed by atoms with Gasteiger partial charge in [0.05, 0.1) is 30.7 Å². The van der Waals surface area contributed by atoms with Crippen LogP contribution in [0, 0.1) is 45.1 Å². The van der Waals surface area contributed by atoms with Gasteiger partial charge in [-0.15, -0.1) is 0 Å². The highest BCUT2D eigenvalue weighted by molar-refractivity contribution is 5.87. The predicted octanol–water partition coefficient (Wildman–Crippen LogP) is 2.01. The fourth-order valence-corrected chi connectivity index (χ4v) is 10.1. The second kappa shape index (κ2) is 4.53. The molecule has 5 heteroatoms. The van der Waals surface area contributed by atoms with E-state index in [4.69, 9.17) is 0 Å². The topological polar surface area (TPSA) is 80.6 Å². The number of quaternary nitrogens is 1. The lowest BCUT2D eigenvalue weighted by Gasteiger charge is -2.85. The average Bonchev–Trinajstić information content (AvgIpc) is 2.81. The first-order chi connectivity index (χ1) is 12.7. The second-order valence-corrected chi connectivity index (χ2v) is 11.1. The first-order valence-electron chi connectivity index (χ1n) is 10.8. The smallest absolute Gasteiger partial charge is 0.140 e. The van der Waals surface area contributed by atoms with Crippen LogP contribution in [0.25, 0.3) is 0 Å². The van der Waals surface area contributed by atoms with Crippen LogP contribution < -0.4 is 0 Å². The lowest BCUT2D eigenvalue weighted by molar-refractivity contribution is -0.956. The van der Waals surface area contributed by atoms with Crippen LogP contribution >= 0.6 is 0 Å². The molecule has 1 saturated heterocycles. The van der Waals surface area contributed by atoms with Crippen molar-refractivity contribution in [2.24, 2.45) is 39.9 Å². The van der Waals surface area contributed by atoms with Gasteiger partial charge in [0, 0.05) is 29.1 Å². The highest BCUT2D eigenvalue weighted by atomic mass is 16.5. The Kier molecular flexibility index (Phi) is 2.88. The predicted molar refractivity (Wildman–Crippen MR) is 99.0 cm³/mol. The van der Waals surface area contributed by atoms with Gasteiger partial charge < -0.3 is 20.1 Å². The summed E-state index contributed by atoms with van der Waals surface area (Å²) < 4.78 is -0.212. The standard InChI is InChI=1S/C22H31NO4/c1-4-23(27)10-20(3)6-5-16(25)22-15-7-14(24)12-8-21(15,19(26)11(12)2)9-13(17(20)22)18(22)23/h12-13,15-19,25-26H,2,4-10H2,1,3H3/t12-,13+,15+,16+,17-,18+,19-,20+,21+,22+,23-/m1/s1. The Bertz CT molecular complexity index is 780. The van der Waals surface area contributed by atoms with E-state index in [1.54, 1.807) is 0 Å². The number of aliphatic hydroxyl groups is 2. The van der Waals surface area contributed by atoms with Crippen LogP contribution in [-0.4, -0.2) is 52.0 Å². The number of Topliss-reactive ketones (excluding diaryl/α,β-unsaturated/α-hetero) is 1. The first-order valence-corrected chi connectivity index (χ1v) is 10.8. The Morgan fingerprint density at radius 1 is 1.33 bits per heavy atom. The molecule has 2 N–H and O–H groups in total. The minimum Gasteiger partial charge on any atom is -0.633 e. The summed E-state index contributed by atoms with van der Waals surface area (Å²) in [6, 6.07) is -0.100. The van der Waals surface area contributed by atoms with Gasteiger partial charge in [-0.1, -0.05) is 13.5 Å². The zero-order valence-electron chi connectivity index (χ0n) is 16.4. The van der Waals surface area contributed by atoms with Crippen molar-refractivity contribution >= 4 is 5.78 Å². The van der Waals surface area contributed by atoms with Crippen molar-refractivity contribution in [1.82, 2.24) is 0 Å². The quantitative estimate of drug-likeness (QED) is 0.419. The molecule has 1 heterocycles. The van der Waals surface area contributed by atoms with E-state index in [2.05, 4.69) is 13.5 Å². The molecule has 7 bridgehead atoms. The van der Waals surface area contributed by atoms with Gasteiger partial charge in [-0.25, -0.2) is 0 Å². The number of nitrogens with zero attached hydrogens (tertiary/aromatic N) is 1. The number of carbonyl (C=O) groups excluding carboxylic acids is 1. The molecule has 7 fully saturated rings. The third-order valence-electron chi connectivity index (χ3n) is 10.5. The molecule has 5 nitrogen and oxygen atoms in total. The molecule has 0 radical (unpaired) electrons. The van der Waals surface area contributed by atoms with Crippen LogP contribution in [0.1, 0.15) is 46.0 Å². The zero-order valence-corrected chi connectivity index (χ0v) is 16.4. The Morgan fingerprint density at radius 3 is 2.78 bits per heavy atom. The second-order valence-electron chi connectivity index (χ2n) is 11.1. The van der Waals surface area contributed by atoms with Gasteiger partial charge in [-0.3, -0.25) is 4.79 Å². The van der Waals surface area contributed by atoms with Crippen LogP contribution in [0.2, 0.25) is 0 Å². The lowest BCUT2D eigenvalue weighted by atomic mass is 9.24. The molecule has 2 spiro atoms. The summed E-state index contributed by atoms with van der Waals surface area (Å²) >= 11 is 0. The van der Waals surface area contributed by atoms with E-state index in [1.165, 1.54) is 0 Å². The summed E-state index contributed by atoms with van der Waals surface area (Å²) in [6.45, 7) is 9.50. The van der Waals surface area contributed by atoms with Crippen molar-refractivity contribution in [3.8, 4) is 0 Å². The minimum atomic E-state index is -0.657. The van der Waals surface area contributed by atoms with Crippen molar-refractivity contribution < 1.29 is 19.7 Å². The SMILES string of the molecule is C=C1[C@H]2C[C@@]3(C[C@H]4[C@@H]5[C@@]6(C)CC[C@H](O)[C@]5([C@H]3CC2=O)[C@H]4[N@@+]([O-])(CC)C6)[C@@H]1O. The van der Waals surface area contributed by atoms with Crippen LogP contribution in [0.3, 0.4) is 0 Å². The highest BCUT2D eigenvalue weighted by Crippen LogP contribution is 2.83. The molecule has 11 atom stereocenters. The zero-order chi connectivity index (χ0) is 19.1. The van der Waals surface area contributed by atoms with E-state index in [9.17, 15) is 20.2 Å². The molecule has 148 valence electrons. The fourth-order valence-electron chi connectivity index (χ4n) is 10.1. The molecule has 0 amide bonds. The van der Waals surface area contributed by atoms with Crippen molar-refractivity contribution in [2.45, 2.75) is 64.2 Å². The number of hydrogen-bond acceptors (Lipinski definition) is 4. The molecular weight excluding hydrogens is 342 g/mol. The molecule has 0 unspecified atom stereocenters. The number of ketones is 1. The monoisotopic (exact) mass is 373 g/mol. The minimum absolute atomic E-state index is 0.0571. The molecule has 1 aliphatic heterocycles. The fraction of sp³-hybridized carbons (Fsp3) is 0.864. The third kappa shape index (κ3) is 1.47. The van der Waals surface area contributed by atoms with Gasteiger partial charge in [-0.05, 0) is 50.0 Å². The largest absolute Gasteiger partial charge is 0.633 e. The van der Waals surface area contributed by atoms with Crippen LogP contribution in [0.4, 0.5) is 0 Å².